The van der Waals surface area contributed by atoms with E-state index < -0.39 is 14.9 Å². The van der Waals surface area contributed by atoms with Crippen LogP contribution in [0, 0.1) is 29.9 Å². The molecule has 10 heteroatoms. The summed E-state index contributed by atoms with van der Waals surface area (Å²) in [5.74, 6) is 0.485. The minimum atomic E-state index is -3.76. The average Bonchev–Trinajstić information content (AvgIpc) is 2.88. The zero-order valence-corrected chi connectivity index (χ0v) is 17.3. The minimum absolute atomic E-state index is 0.0565. The third-order valence-electron chi connectivity index (χ3n) is 5.31. The monoisotopic (exact) mass is 407 g/mol. The van der Waals surface area contributed by atoms with Crippen molar-refractivity contribution in [1.29, 1.82) is 0 Å². The van der Waals surface area contributed by atoms with Crippen molar-refractivity contribution in [2.75, 3.05) is 18.4 Å². The zero-order chi connectivity index (χ0) is 20.6. The molecule has 1 aliphatic rings. The second kappa shape index (κ2) is 7.51. The van der Waals surface area contributed by atoms with Crippen molar-refractivity contribution in [2.45, 2.75) is 38.5 Å². The van der Waals surface area contributed by atoms with Crippen LogP contribution in [0.25, 0.3) is 0 Å². The number of nitrogens with zero attached hydrogens (tertiary/aromatic N) is 4. The predicted octanol–water partition coefficient (Wildman–Crippen LogP) is 3.11. The van der Waals surface area contributed by atoms with Crippen LogP contribution in [0.15, 0.2) is 23.1 Å². The molecular weight excluding hydrogens is 382 g/mol. The van der Waals surface area contributed by atoms with Crippen LogP contribution in [0.2, 0.25) is 0 Å². The van der Waals surface area contributed by atoms with Gasteiger partial charge in [0.1, 0.15) is 5.69 Å². The van der Waals surface area contributed by atoms with E-state index in [4.69, 9.17) is 0 Å². The summed E-state index contributed by atoms with van der Waals surface area (Å²) >= 11 is 0. The highest BCUT2D eigenvalue weighted by Crippen LogP contribution is 2.34. The Labute approximate surface area is 164 Å². The SMILES string of the molecule is Cc1nn(C)c(C)c1Nc1ccc(S(=O)(=O)N2CCC(C)CC2)cc1[N+](=O)[O-]. The quantitative estimate of drug-likeness (QED) is 0.602. The Morgan fingerprint density at radius 1 is 1.25 bits per heavy atom. The van der Waals surface area contributed by atoms with Gasteiger partial charge in [0.05, 0.1) is 26.9 Å². The number of hydrogen-bond acceptors (Lipinski definition) is 6. The molecule has 1 fully saturated rings. The van der Waals surface area contributed by atoms with Crippen LogP contribution >= 0.6 is 0 Å². The zero-order valence-electron chi connectivity index (χ0n) is 16.5. The van der Waals surface area contributed by atoms with E-state index in [0.717, 1.165) is 24.6 Å². The maximum absolute atomic E-state index is 12.9. The van der Waals surface area contributed by atoms with Gasteiger partial charge in [-0.1, -0.05) is 6.92 Å². The van der Waals surface area contributed by atoms with E-state index in [2.05, 4.69) is 17.3 Å². The molecule has 1 saturated heterocycles. The van der Waals surface area contributed by atoms with Crippen molar-refractivity contribution in [3.63, 3.8) is 0 Å². The number of benzene rings is 1. The van der Waals surface area contributed by atoms with Gasteiger partial charge in [0.25, 0.3) is 5.69 Å². The summed E-state index contributed by atoms with van der Waals surface area (Å²) in [7, 11) is -1.97. The molecule has 0 unspecified atom stereocenters. The maximum Gasteiger partial charge on any atom is 0.294 e. The molecule has 0 bridgehead atoms. The summed E-state index contributed by atoms with van der Waals surface area (Å²) in [5, 5.41) is 19.0. The lowest BCUT2D eigenvalue weighted by atomic mass is 10.0. The van der Waals surface area contributed by atoms with E-state index >= 15 is 0 Å². The molecule has 0 atom stereocenters. The molecule has 0 saturated carbocycles. The van der Waals surface area contributed by atoms with Gasteiger partial charge in [0, 0.05) is 26.2 Å². The Kier molecular flexibility index (Phi) is 5.44. The molecule has 28 heavy (non-hydrogen) atoms. The van der Waals surface area contributed by atoms with E-state index in [0.29, 0.717) is 30.4 Å². The molecule has 3 rings (SSSR count). The smallest absolute Gasteiger partial charge is 0.294 e. The first-order chi connectivity index (χ1) is 13.1. The Hall–Kier alpha value is -2.46. The molecule has 1 aromatic heterocycles. The molecule has 2 heterocycles. The molecule has 0 amide bonds. The van der Waals surface area contributed by atoms with Crippen molar-refractivity contribution in [3.8, 4) is 0 Å². The molecular formula is C18H25N5O4S. The number of nitrogens with one attached hydrogen (secondary N) is 1. The Morgan fingerprint density at radius 3 is 2.43 bits per heavy atom. The van der Waals surface area contributed by atoms with Gasteiger partial charge in [-0.15, -0.1) is 0 Å². The van der Waals surface area contributed by atoms with Gasteiger partial charge in [-0.25, -0.2) is 8.42 Å². The Bertz CT molecular complexity index is 1010. The largest absolute Gasteiger partial charge is 0.347 e. The number of anilines is 2. The van der Waals surface area contributed by atoms with E-state index in [9.17, 15) is 18.5 Å². The van der Waals surface area contributed by atoms with Crippen LogP contribution in [0.1, 0.15) is 31.2 Å². The number of nitro groups is 1. The normalized spacial score (nSPS) is 16.3. The summed E-state index contributed by atoms with van der Waals surface area (Å²) in [6, 6.07) is 4.00. The number of sulfonamides is 1. The summed E-state index contributed by atoms with van der Waals surface area (Å²) in [5.41, 5.74) is 2.15. The predicted molar refractivity (Wildman–Crippen MR) is 106 cm³/mol. The molecule has 0 spiro atoms. The number of aryl methyl sites for hydroxylation is 2. The van der Waals surface area contributed by atoms with Crippen molar-refractivity contribution in [1.82, 2.24) is 14.1 Å². The summed E-state index contributed by atoms with van der Waals surface area (Å²) in [4.78, 5) is 11.0. The lowest BCUT2D eigenvalue weighted by Crippen LogP contribution is -2.37. The first-order valence-corrected chi connectivity index (χ1v) is 10.6. The number of nitro benzene ring substituents is 1. The van der Waals surface area contributed by atoms with Crippen LogP contribution in [0.3, 0.4) is 0 Å². The molecule has 1 N–H and O–H groups in total. The Balaban J connectivity index is 1.96. The average molecular weight is 407 g/mol. The van der Waals surface area contributed by atoms with Crippen molar-refractivity contribution in [2.24, 2.45) is 13.0 Å². The molecule has 2 aromatic rings. The first-order valence-electron chi connectivity index (χ1n) is 9.17. The molecule has 1 aromatic carbocycles. The standard InChI is InChI=1S/C18H25N5O4S/c1-12-7-9-22(10-8-12)28(26,27)15-5-6-16(17(11-15)23(24)25)19-18-13(2)20-21(4)14(18)3/h5-6,11-12,19H,7-10H2,1-4H3. The molecule has 152 valence electrons. The lowest BCUT2D eigenvalue weighted by Gasteiger charge is -2.29. The number of aromatic nitrogens is 2. The van der Waals surface area contributed by atoms with Crippen molar-refractivity contribution < 1.29 is 13.3 Å². The molecule has 1 aliphatic heterocycles. The van der Waals surface area contributed by atoms with Gasteiger partial charge in [0.2, 0.25) is 10.0 Å². The van der Waals surface area contributed by atoms with Crippen LogP contribution < -0.4 is 5.32 Å². The highest BCUT2D eigenvalue weighted by molar-refractivity contribution is 7.89. The first kappa shape index (κ1) is 20.3. The minimum Gasteiger partial charge on any atom is -0.347 e. The molecule has 0 radical (unpaired) electrons. The number of rotatable bonds is 5. The number of hydrogen-bond donors (Lipinski definition) is 1. The number of piperidine rings is 1. The topological polar surface area (TPSA) is 110 Å². The van der Waals surface area contributed by atoms with E-state index in [-0.39, 0.29) is 16.3 Å². The van der Waals surface area contributed by atoms with Crippen LogP contribution in [-0.2, 0) is 17.1 Å². The Morgan fingerprint density at radius 2 is 1.89 bits per heavy atom. The fourth-order valence-corrected chi connectivity index (χ4v) is 4.88. The maximum atomic E-state index is 12.9. The van der Waals surface area contributed by atoms with Crippen molar-refractivity contribution in [3.05, 3.63) is 39.7 Å². The van der Waals surface area contributed by atoms with Gasteiger partial charge in [-0.2, -0.15) is 9.40 Å². The second-order valence-corrected chi connectivity index (χ2v) is 9.26. The van der Waals surface area contributed by atoms with Gasteiger partial charge >= 0.3 is 0 Å². The molecule has 0 aliphatic carbocycles. The fraction of sp³-hybridized carbons (Fsp3) is 0.500. The summed E-state index contributed by atoms with van der Waals surface area (Å²) in [6.07, 6.45) is 1.58. The summed E-state index contributed by atoms with van der Waals surface area (Å²) in [6.45, 7) is 6.62. The third kappa shape index (κ3) is 3.74. The van der Waals surface area contributed by atoms with E-state index in [1.165, 1.54) is 16.4 Å². The lowest BCUT2D eigenvalue weighted by molar-refractivity contribution is -0.384. The summed E-state index contributed by atoms with van der Waals surface area (Å²) < 4.78 is 28.9. The highest BCUT2D eigenvalue weighted by Gasteiger charge is 2.30. The van der Waals surface area contributed by atoms with Gasteiger partial charge in [-0.3, -0.25) is 14.8 Å². The van der Waals surface area contributed by atoms with Crippen LogP contribution in [0.5, 0.6) is 0 Å². The second-order valence-electron chi connectivity index (χ2n) is 7.32. The van der Waals surface area contributed by atoms with Crippen LogP contribution in [-0.4, -0.2) is 40.5 Å². The third-order valence-corrected chi connectivity index (χ3v) is 7.21. The van der Waals surface area contributed by atoms with Crippen LogP contribution in [0.4, 0.5) is 17.1 Å². The van der Waals surface area contributed by atoms with Crippen molar-refractivity contribution >= 4 is 27.1 Å². The highest BCUT2D eigenvalue weighted by atomic mass is 32.2. The fourth-order valence-electron chi connectivity index (χ4n) is 3.39. The molecule has 9 nitrogen and oxygen atoms in total. The van der Waals surface area contributed by atoms with Gasteiger partial charge < -0.3 is 5.32 Å². The van der Waals surface area contributed by atoms with E-state index in [1.807, 2.05) is 6.92 Å². The van der Waals surface area contributed by atoms with Gasteiger partial charge in [0.15, 0.2) is 0 Å². The van der Waals surface area contributed by atoms with Gasteiger partial charge in [-0.05, 0) is 44.7 Å². The van der Waals surface area contributed by atoms with E-state index in [1.54, 1.807) is 18.7 Å².